The molecule has 0 amide bonds. The van der Waals surface area contributed by atoms with Gasteiger partial charge in [-0.15, -0.1) is 0 Å². The Morgan fingerprint density at radius 2 is 1.78 bits per heavy atom. The number of ether oxygens (including phenoxy) is 1. The number of rotatable bonds is 5. The summed E-state index contributed by atoms with van der Waals surface area (Å²) in [7, 11) is 0. The summed E-state index contributed by atoms with van der Waals surface area (Å²) in [6.45, 7) is 8.98. The maximum atomic E-state index is 12.8. The monoisotopic (exact) mass is 365 g/mol. The van der Waals surface area contributed by atoms with E-state index in [1.54, 1.807) is 23.9 Å². The molecule has 3 aromatic rings. The lowest BCUT2D eigenvalue weighted by Crippen LogP contribution is -2.22. The van der Waals surface area contributed by atoms with Gasteiger partial charge < -0.3 is 4.74 Å². The zero-order valence-corrected chi connectivity index (χ0v) is 16.2. The fourth-order valence-electron chi connectivity index (χ4n) is 2.74. The molecular formula is C21H23N3O3. The summed E-state index contributed by atoms with van der Waals surface area (Å²) in [6, 6.07) is 9.71. The van der Waals surface area contributed by atoms with E-state index in [0.29, 0.717) is 22.3 Å². The first kappa shape index (κ1) is 18.8. The number of benzene rings is 1. The third kappa shape index (κ3) is 3.74. The van der Waals surface area contributed by atoms with Crippen molar-refractivity contribution < 1.29 is 14.3 Å². The molecule has 6 nitrogen and oxygen atoms in total. The molecule has 0 aliphatic rings. The van der Waals surface area contributed by atoms with Crippen LogP contribution in [0, 0.1) is 6.92 Å². The van der Waals surface area contributed by atoms with E-state index in [1.807, 2.05) is 45.0 Å². The number of carbonyl (C=O) groups is 2. The second-order valence-corrected chi connectivity index (χ2v) is 7.00. The number of hydrogen-bond donors (Lipinski definition) is 0. The number of ketones is 1. The molecule has 0 fully saturated rings. The number of Topliss-reactive ketones (excluding diaryl/α,β-unsaturated/α-hetero) is 1. The van der Waals surface area contributed by atoms with E-state index in [1.165, 1.54) is 6.92 Å². The first-order valence-corrected chi connectivity index (χ1v) is 8.94. The lowest BCUT2D eigenvalue weighted by molar-refractivity contribution is -0.124. The summed E-state index contributed by atoms with van der Waals surface area (Å²) < 4.78 is 7.11. The quantitative estimate of drug-likeness (QED) is 0.636. The number of pyridine rings is 1. The maximum absolute atomic E-state index is 12.8. The third-order valence-corrected chi connectivity index (χ3v) is 4.48. The Balaban J connectivity index is 2.17. The molecule has 6 heteroatoms. The van der Waals surface area contributed by atoms with Crippen molar-refractivity contribution in [3.05, 3.63) is 47.7 Å². The van der Waals surface area contributed by atoms with Gasteiger partial charge in [-0.1, -0.05) is 29.8 Å². The summed E-state index contributed by atoms with van der Waals surface area (Å²) in [5.41, 5.74) is 3.67. The van der Waals surface area contributed by atoms with Crippen LogP contribution >= 0.6 is 0 Å². The minimum absolute atomic E-state index is 0.0864. The van der Waals surface area contributed by atoms with Crippen molar-refractivity contribution in [1.29, 1.82) is 0 Å². The highest BCUT2D eigenvalue weighted by Crippen LogP contribution is 2.27. The standard InChI is InChI=1S/C21H23N3O3/c1-12(2)24-20-18(11-22-24)17(21(26)27-15(5)14(4)25)10-19(23-20)16-8-6-13(3)7-9-16/h6-12,15H,1-5H3. The van der Waals surface area contributed by atoms with Gasteiger partial charge >= 0.3 is 5.97 Å². The first-order chi connectivity index (χ1) is 12.8. The van der Waals surface area contributed by atoms with Crippen molar-refractivity contribution in [2.45, 2.75) is 46.8 Å². The highest BCUT2D eigenvalue weighted by Gasteiger charge is 2.22. The zero-order valence-electron chi connectivity index (χ0n) is 16.2. The van der Waals surface area contributed by atoms with Gasteiger partial charge in [0.15, 0.2) is 17.5 Å². The van der Waals surface area contributed by atoms with E-state index in [0.717, 1.165) is 11.1 Å². The molecule has 0 bridgehead atoms. The first-order valence-electron chi connectivity index (χ1n) is 8.94. The zero-order chi connectivity index (χ0) is 19.7. The predicted molar refractivity (Wildman–Crippen MR) is 104 cm³/mol. The van der Waals surface area contributed by atoms with E-state index in [-0.39, 0.29) is 11.8 Å². The Morgan fingerprint density at radius 3 is 2.37 bits per heavy atom. The molecule has 2 heterocycles. The molecule has 1 atom stereocenters. The molecule has 2 aromatic heterocycles. The normalized spacial score (nSPS) is 12.4. The molecular weight excluding hydrogens is 342 g/mol. The van der Waals surface area contributed by atoms with Crippen LogP contribution in [0.15, 0.2) is 36.5 Å². The molecule has 140 valence electrons. The number of carbonyl (C=O) groups excluding carboxylic acids is 2. The molecule has 0 saturated heterocycles. The molecule has 0 spiro atoms. The van der Waals surface area contributed by atoms with E-state index in [4.69, 9.17) is 9.72 Å². The van der Waals surface area contributed by atoms with Crippen LogP contribution in [0.1, 0.15) is 49.7 Å². The fraction of sp³-hybridized carbons (Fsp3) is 0.333. The molecule has 1 aromatic carbocycles. The number of fused-ring (bicyclic) bond motifs is 1. The minimum atomic E-state index is -0.802. The Labute approximate surface area is 158 Å². The second kappa shape index (κ2) is 7.31. The SMILES string of the molecule is CC(=O)C(C)OC(=O)c1cc(-c2ccc(C)cc2)nc2c1cnn2C(C)C. The molecule has 0 saturated carbocycles. The molecule has 0 aliphatic carbocycles. The molecule has 3 rings (SSSR count). The summed E-state index contributed by atoms with van der Waals surface area (Å²) >= 11 is 0. The van der Waals surface area contributed by atoms with Gasteiger partial charge in [-0.25, -0.2) is 14.5 Å². The third-order valence-electron chi connectivity index (χ3n) is 4.48. The largest absolute Gasteiger partial charge is 0.451 e. The summed E-state index contributed by atoms with van der Waals surface area (Å²) in [4.78, 5) is 29.0. The van der Waals surface area contributed by atoms with Gasteiger partial charge in [0.25, 0.3) is 0 Å². The van der Waals surface area contributed by atoms with Crippen molar-refractivity contribution in [3.63, 3.8) is 0 Å². The van der Waals surface area contributed by atoms with E-state index in [2.05, 4.69) is 5.10 Å². The van der Waals surface area contributed by atoms with Gasteiger partial charge in [0.05, 0.1) is 22.8 Å². The van der Waals surface area contributed by atoms with Crippen molar-refractivity contribution >= 4 is 22.8 Å². The minimum Gasteiger partial charge on any atom is -0.451 e. The summed E-state index contributed by atoms with van der Waals surface area (Å²) in [5.74, 6) is -0.757. The smallest absolute Gasteiger partial charge is 0.339 e. The number of aryl methyl sites for hydroxylation is 1. The van der Waals surface area contributed by atoms with Crippen LogP contribution in [0.2, 0.25) is 0 Å². The van der Waals surface area contributed by atoms with Crippen molar-refractivity contribution in [1.82, 2.24) is 14.8 Å². The average molecular weight is 365 g/mol. The Hall–Kier alpha value is -3.02. The number of hydrogen-bond acceptors (Lipinski definition) is 5. The molecule has 27 heavy (non-hydrogen) atoms. The van der Waals surface area contributed by atoms with Crippen LogP contribution < -0.4 is 0 Å². The topological polar surface area (TPSA) is 74.1 Å². The van der Waals surface area contributed by atoms with Crippen molar-refractivity contribution in [2.75, 3.05) is 0 Å². The lowest BCUT2D eigenvalue weighted by Gasteiger charge is -2.13. The van der Waals surface area contributed by atoms with E-state index >= 15 is 0 Å². The van der Waals surface area contributed by atoms with Gasteiger partial charge in [-0.05, 0) is 40.7 Å². The highest BCUT2D eigenvalue weighted by molar-refractivity contribution is 6.04. The highest BCUT2D eigenvalue weighted by atomic mass is 16.5. The van der Waals surface area contributed by atoms with Crippen LogP contribution in [0.4, 0.5) is 0 Å². The van der Waals surface area contributed by atoms with Crippen LogP contribution in [0.5, 0.6) is 0 Å². The average Bonchev–Trinajstić information content (AvgIpc) is 3.05. The van der Waals surface area contributed by atoms with Gasteiger partial charge in [-0.3, -0.25) is 4.79 Å². The van der Waals surface area contributed by atoms with Gasteiger partial charge in [0, 0.05) is 11.6 Å². The van der Waals surface area contributed by atoms with Crippen LogP contribution in [-0.4, -0.2) is 32.6 Å². The molecule has 0 aliphatic heterocycles. The van der Waals surface area contributed by atoms with E-state index < -0.39 is 12.1 Å². The molecule has 0 radical (unpaired) electrons. The Bertz CT molecular complexity index is 1000. The molecule has 0 N–H and O–H groups in total. The van der Waals surface area contributed by atoms with Gasteiger partial charge in [0.2, 0.25) is 0 Å². The van der Waals surface area contributed by atoms with Gasteiger partial charge in [-0.2, -0.15) is 5.10 Å². The summed E-state index contributed by atoms with van der Waals surface area (Å²) in [5, 5.41) is 4.99. The van der Waals surface area contributed by atoms with Crippen LogP contribution in [-0.2, 0) is 9.53 Å². The van der Waals surface area contributed by atoms with Crippen LogP contribution in [0.3, 0.4) is 0 Å². The number of nitrogens with zero attached hydrogens (tertiary/aromatic N) is 3. The number of esters is 1. The predicted octanol–water partition coefficient (Wildman–Crippen LogP) is 4.12. The fourth-order valence-corrected chi connectivity index (χ4v) is 2.74. The van der Waals surface area contributed by atoms with Gasteiger partial charge in [0.1, 0.15) is 0 Å². The lowest BCUT2D eigenvalue weighted by atomic mass is 10.1. The number of aromatic nitrogens is 3. The van der Waals surface area contributed by atoms with Crippen molar-refractivity contribution in [2.24, 2.45) is 0 Å². The maximum Gasteiger partial charge on any atom is 0.339 e. The molecule has 1 unspecified atom stereocenters. The van der Waals surface area contributed by atoms with E-state index in [9.17, 15) is 9.59 Å². The Kier molecular flexibility index (Phi) is 5.08. The van der Waals surface area contributed by atoms with Crippen LogP contribution in [0.25, 0.3) is 22.3 Å². The summed E-state index contributed by atoms with van der Waals surface area (Å²) in [6.07, 6.45) is 0.819. The van der Waals surface area contributed by atoms with Crippen molar-refractivity contribution in [3.8, 4) is 11.3 Å². The Morgan fingerprint density at radius 1 is 1.11 bits per heavy atom. The second-order valence-electron chi connectivity index (χ2n) is 7.00.